The second-order valence-corrected chi connectivity index (χ2v) is 1.95. The summed E-state index contributed by atoms with van der Waals surface area (Å²) in [4.78, 5) is 14.0. The molecule has 0 aromatic heterocycles. The summed E-state index contributed by atoms with van der Waals surface area (Å²) >= 11 is 0. The van der Waals surface area contributed by atoms with Crippen molar-refractivity contribution in [2.24, 2.45) is 0 Å². The molecular formula is C7H4N2O3. The molecule has 0 aliphatic carbocycles. The molecule has 60 valence electrons. The largest absolute Gasteiger partial charge is 0.299 e. The Morgan fingerprint density at radius 1 is 1.42 bits per heavy atom. The number of rotatable bonds is 2. The van der Waals surface area contributed by atoms with Crippen LogP contribution in [0.2, 0.25) is 0 Å². The van der Waals surface area contributed by atoms with Gasteiger partial charge in [-0.2, -0.15) is 5.26 Å². The second-order valence-electron chi connectivity index (χ2n) is 1.95. The van der Waals surface area contributed by atoms with E-state index in [2.05, 4.69) is 4.84 Å². The molecule has 0 bridgehead atoms. The van der Waals surface area contributed by atoms with Crippen molar-refractivity contribution in [1.29, 1.82) is 5.26 Å². The average molecular weight is 164 g/mol. The molecule has 0 heterocycles. The van der Waals surface area contributed by atoms with Crippen LogP contribution in [0, 0.1) is 21.4 Å². The van der Waals surface area contributed by atoms with Gasteiger partial charge in [0.1, 0.15) is 5.75 Å². The van der Waals surface area contributed by atoms with Crippen molar-refractivity contribution in [3.05, 3.63) is 39.9 Å². The normalized spacial score (nSPS) is 8.58. The summed E-state index contributed by atoms with van der Waals surface area (Å²) < 4.78 is 0. The van der Waals surface area contributed by atoms with Crippen molar-refractivity contribution in [2.75, 3.05) is 0 Å². The van der Waals surface area contributed by atoms with Crippen LogP contribution in [0.15, 0.2) is 24.3 Å². The SMILES string of the molecule is N#Cc1ccc(O[N+](=O)[O-])cc1. The monoisotopic (exact) mass is 164 g/mol. The Bertz CT molecular complexity index is 325. The number of benzene rings is 1. The third kappa shape index (κ3) is 1.95. The summed E-state index contributed by atoms with van der Waals surface area (Å²) in [6.45, 7) is 0. The Labute approximate surface area is 67.9 Å². The highest BCUT2D eigenvalue weighted by Crippen LogP contribution is 2.10. The molecule has 0 spiro atoms. The molecule has 12 heavy (non-hydrogen) atoms. The van der Waals surface area contributed by atoms with Gasteiger partial charge in [-0.25, -0.2) is 0 Å². The fourth-order valence-corrected chi connectivity index (χ4v) is 0.676. The van der Waals surface area contributed by atoms with Gasteiger partial charge < -0.3 is 0 Å². The molecule has 0 unspecified atom stereocenters. The molecule has 0 N–H and O–H groups in total. The van der Waals surface area contributed by atoms with Crippen molar-refractivity contribution >= 4 is 0 Å². The first kappa shape index (κ1) is 8.01. The van der Waals surface area contributed by atoms with Gasteiger partial charge in [0.15, 0.2) is 0 Å². The Kier molecular flexibility index (Phi) is 2.23. The highest BCUT2D eigenvalue weighted by atomic mass is 17.0. The second kappa shape index (κ2) is 3.34. The predicted molar refractivity (Wildman–Crippen MR) is 38.8 cm³/mol. The van der Waals surface area contributed by atoms with E-state index in [0.717, 1.165) is 0 Å². The molecule has 5 heteroatoms. The fraction of sp³-hybridized carbons (Fsp3) is 0. The number of hydrogen-bond acceptors (Lipinski definition) is 4. The van der Waals surface area contributed by atoms with Crippen LogP contribution < -0.4 is 4.84 Å². The zero-order valence-electron chi connectivity index (χ0n) is 5.93. The summed E-state index contributed by atoms with van der Waals surface area (Å²) in [5.41, 5.74) is 0.436. The van der Waals surface area contributed by atoms with E-state index in [-0.39, 0.29) is 5.75 Å². The Morgan fingerprint density at radius 3 is 2.42 bits per heavy atom. The summed E-state index contributed by atoms with van der Waals surface area (Å²) in [6.07, 6.45) is 0. The zero-order valence-corrected chi connectivity index (χ0v) is 5.93. The summed E-state index contributed by atoms with van der Waals surface area (Å²) in [6, 6.07) is 7.49. The first-order valence-corrected chi connectivity index (χ1v) is 3.05. The highest BCUT2D eigenvalue weighted by Gasteiger charge is 1.97. The van der Waals surface area contributed by atoms with E-state index in [1.54, 1.807) is 0 Å². The van der Waals surface area contributed by atoms with E-state index in [1.165, 1.54) is 24.3 Å². The quantitative estimate of drug-likeness (QED) is 0.484. The van der Waals surface area contributed by atoms with Crippen LogP contribution in [0.25, 0.3) is 0 Å². The minimum atomic E-state index is -0.901. The van der Waals surface area contributed by atoms with Crippen molar-refractivity contribution in [1.82, 2.24) is 0 Å². The molecule has 0 radical (unpaired) electrons. The molecular weight excluding hydrogens is 160 g/mol. The lowest BCUT2D eigenvalue weighted by Crippen LogP contribution is -2.02. The van der Waals surface area contributed by atoms with Crippen LogP contribution in [-0.2, 0) is 0 Å². The topological polar surface area (TPSA) is 76.2 Å². The number of nitrogens with zero attached hydrogens (tertiary/aromatic N) is 2. The first-order chi connectivity index (χ1) is 5.72. The van der Waals surface area contributed by atoms with Crippen LogP contribution >= 0.6 is 0 Å². The molecule has 1 aromatic rings. The molecule has 1 aromatic carbocycles. The van der Waals surface area contributed by atoms with Gasteiger partial charge in [-0.3, -0.25) is 4.84 Å². The maximum absolute atomic E-state index is 9.84. The van der Waals surface area contributed by atoms with Crippen molar-refractivity contribution in [3.8, 4) is 11.8 Å². The van der Waals surface area contributed by atoms with E-state index in [0.29, 0.717) is 5.56 Å². The molecule has 0 fully saturated rings. The average Bonchev–Trinajstić information content (AvgIpc) is 2.05. The van der Waals surface area contributed by atoms with E-state index in [1.807, 2.05) is 6.07 Å². The first-order valence-electron chi connectivity index (χ1n) is 3.05. The van der Waals surface area contributed by atoms with Gasteiger partial charge in [0, 0.05) is 0 Å². The van der Waals surface area contributed by atoms with E-state index < -0.39 is 5.09 Å². The Morgan fingerprint density at radius 2 is 2.00 bits per heavy atom. The van der Waals surface area contributed by atoms with E-state index in [9.17, 15) is 10.1 Å². The van der Waals surface area contributed by atoms with E-state index >= 15 is 0 Å². The lowest BCUT2D eigenvalue weighted by atomic mass is 10.2. The van der Waals surface area contributed by atoms with Crippen LogP contribution in [0.1, 0.15) is 5.56 Å². The van der Waals surface area contributed by atoms with Crippen molar-refractivity contribution in [2.45, 2.75) is 0 Å². The lowest BCUT2D eigenvalue weighted by molar-refractivity contribution is -0.711. The molecule has 0 aliphatic rings. The van der Waals surface area contributed by atoms with Gasteiger partial charge in [-0.05, 0) is 24.3 Å². The number of nitriles is 1. The van der Waals surface area contributed by atoms with E-state index in [4.69, 9.17) is 5.26 Å². The molecule has 0 saturated carbocycles. The van der Waals surface area contributed by atoms with Gasteiger partial charge >= 0.3 is 0 Å². The summed E-state index contributed by atoms with van der Waals surface area (Å²) in [5, 5.41) is 17.3. The third-order valence-corrected chi connectivity index (χ3v) is 1.16. The predicted octanol–water partition coefficient (Wildman–Crippen LogP) is 1.13. The standard InChI is InChI=1S/C7H4N2O3/c8-5-6-1-3-7(4-2-6)12-9(10)11/h1-4H. The van der Waals surface area contributed by atoms with Gasteiger partial charge in [0.2, 0.25) is 0 Å². The van der Waals surface area contributed by atoms with Crippen molar-refractivity contribution in [3.63, 3.8) is 0 Å². The van der Waals surface area contributed by atoms with Crippen LogP contribution in [0.3, 0.4) is 0 Å². The Balaban J connectivity index is 2.80. The van der Waals surface area contributed by atoms with Gasteiger partial charge in [0.25, 0.3) is 5.09 Å². The van der Waals surface area contributed by atoms with Gasteiger partial charge in [-0.1, -0.05) is 0 Å². The lowest BCUT2D eigenvalue weighted by Gasteiger charge is -1.95. The van der Waals surface area contributed by atoms with Crippen molar-refractivity contribution < 1.29 is 9.92 Å². The molecule has 0 aliphatic heterocycles. The van der Waals surface area contributed by atoms with Gasteiger partial charge in [0.05, 0.1) is 11.6 Å². The summed E-state index contributed by atoms with van der Waals surface area (Å²) in [7, 11) is 0. The number of hydrogen-bond donors (Lipinski definition) is 0. The third-order valence-electron chi connectivity index (χ3n) is 1.16. The Hall–Kier alpha value is -2.09. The van der Waals surface area contributed by atoms with Gasteiger partial charge in [-0.15, -0.1) is 10.1 Å². The molecule has 0 atom stereocenters. The highest BCUT2D eigenvalue weighted by molar-refractivity contribution is 5.34. The zero-order chi connectivity index (χ0) is 8.97. The van der Waals surface area contributed by atoms with Crippen LogP contribution in [0.4, 0.5) is 0 Å². The fourth-order valence-electron chi connectivity index (χ4n) is 0.676. The minimum absolute atomic E-state index is 0.110. The molecule has 0 amide bonds. The maximum Gasteiger partial charge on any atom is 0.299 e. The molecule has 0 saturated heterocycles. The van der Waals surface area contributed by atoms with Crippen LogP contribution in [-0.4, -0.2) is 5.09 Å². The minimum Gasteiger partial charge on any atom is -0.276 e. The smallest absolute Gasteiger partial charge is 0.276 e. The molecule has 1 rings (SSSR count). The molecule has 5 nitrogen and oxygen atoms in total. The summed E-state index contributed by atoms with van der Waals surface area (Å²) in [5.74, 6) is 0.110. The van der Waals surface area contributed by atoms with Crippen LogP contribution in [0.5, 0.6) is 5.75 Å². The maximum atomic E-state index is 9.84.